The normalized spacial score (nSPS) is 19.6. The number of nitrogens with zero attached hydrogens (tertiary/aromatic N) is 2. The molecule has 2 amide bonds. The second-order valence-electron chi connectivity index (χ2n) is 4.29. The number of nitrogens with one attached hydrogen (secondary N) is 1. The monoisotopic (exact) mass is 247 g/mol. The van der Waals surface area contributed by atoms with E-state index in [4.69, 9.17) is 0 Å². The lowest BCUT2D eigenvalue weighted by Crippen LogP contribution is -2.39. The third-order valence-corrected chi connectivity index (χ3v) is 3.11. The van der Waals surface area contributed by atoms with Crippen molar-refractivity contribution in [2.75, 3.05) is 13.1 Å². The molecule has 0 aromatic carbocycles. The van der Waals surface area contributed by atoms with Gasteiger partial charge >= 0.3 is 0 Å². The van der Waals surface area contributed by atoms with Gasteiger partial charge in [0.25, 0.3) is 0 Å². The van der Waals surface area contributed by atoms with E-state index in [0.29, 0.717) is 13.1 Å². The van der Waals surface area contributed by atoms with Gasteiger partial charge in [0.15, 0.2) is 0 Å². The van der Waals surface area contributed by atoms with Crippen LogP contribution in [0.5, 0.6) is 0 Å². The molecule has 0 spiro atoms. The van der Waals surface area contributed by atoms with Gasteiger partial charge in [0.1, 0.15) is 0 Å². The quantitative estimate of drug-likeness (QED) is 0.763. The second kappa shape index (κ2) is 5.73. The van der Waals surface area contributed by atoms with Crippen molar-refractivity contribution in [3.05, 3.63) is 30.1 Å². The molecule has 1 aliphatic heterocycles. The minimum atomic E-state index is -0.348. The van der Waals surface area contributed by atoms with Gasteiger partial charge in [0.2, 0.25) is 11.8 Å². The summed E-state index contributed by atoms with van der Waals surface area (Å²) in [7, 11) is 0. The van der Waals surface area contributed by atoms with Crippen molar-refractivity contribution < 1.29 is 9.59 Å². The maximum Gasteiger partial charge on any atom is 0.246 e. The SMILES string of the molecule is CCN1C(=O)CC(NCCc2ccncc2)C1=O. The van der Waals surface area contributed by atoms with E-state index in [0.717, 1.165) is 6.42 Å². The second-order valence-corrected chi connectivity index (χ2v) is 4.29. The first-order valence-corrected chi connectivity index (χ1v) is 6.19. The Balaban J connectivity index is 1.81. The Morgan fingerprint density at radius 3 is 2.72 bits per heavy atom. The lowest BCUT2D eigenvalue weighted by Gasteiger charge is -2.12. The summed E-state index contributed by atoms with van der Waals surface area (Å²) < 4.78 is 0. The molecule has 1 aromatic heterocycles. The average molecular weight is 247 g/mol. The van der Waals surface area contributed by atoms with Crippen LogP contribution in [0, 0.1) is 0 Å². The van der Waals surface area contributed by atoms with Gasteiger partial charge in [-0.05, 0) is 37.6 Å². The molecule has 0 radical (unpaired) electrons. The van der Waals surface area contributed by atoms with E-state index in [1.807, 2.05) is 19.1 Å². The van der Waals surface area contributed by atoms with E-state index >= 15 is 0 Å². The molecule has 1 aliphatic rings. The zero-order chi connectivity index (χ0) is 13.0. The molecule has 2 rings (SSSR count). The highest BCUT2D eigenvalue weighted by Crippen LogP contribution is 2.12. The standard InChI is InChI=1S/C13H17N3O2/c1-2-16-12(17)9-11(13(16)18)15-8-5-10-3-6-14-7-4-10/h3-4,6-7,11,15H,2,5,8-9H2,1H3. The van der Waals surface area contributed by atoms with Crippen LogP contribution >= 0.6 is 0 Å². The molecule has 5 heteroatoms. The van der Waals surface area contributed by atoms with Crippen LogP contribution in [0.4, 0.5) is 0 Å². The fraction of sp³-hybridized carbons (Fsp3) is 0.462. The lowest BCUT2D eigenvalue weighted by atomic mass is 10.2. The molecule has 2 heterocycles. The van der Waals surface area contributed by atoms with E-state index in [2.05, 4.69) is 10.3 Å². The van der Waals surface area contributed by atoms with Gasteiger partial charge in [-0.3, -0.25) is 19.5 Å². The molecule has 1 atom stereocenters. The predicted molar refractivity (Wildman–Crippen MR) is 66.7 cm³/mol. The van der Waals surface area contributed by atoms with Crippen molar-refractivity contribution in [3.63, 3.8) is 0 Å². The van der Waals surface area contributed by atoms with Gasteiger partial charge in [-0.2, -0.15) is 0 Å². The smallest absolute Gasteiger partial charge is 0.246 e. The molecule has 96 valence electrons. The molecule has 0 bridgehead atoms. The molecule has 1 N–H and O–H groups in total. The molecule has 1 saturated heterocycles. The highest BCUT2D eigenvalue weighted by atomic mass is 16.2. The Labute approximate surface area is 106 Å². The molecular formula is C13H17N3O2. The zero-order valence-electron chi connectivity index (χ0n) is 10.4. The number of amides is 2. The molecule has 18 heavy (non-hydrogen) atoms. The summed E-state index contributed by atoms with van der Waals surface area (Å²) in [5, 5.41) is 3.14. The topological polar surface area (TPSA) is 62.3 Å². The molecule has 1 aromatic rings. The van der Waals surface area contributed by atoms with Crippen LogP contribution < -0.4 is 5.32 Å². The Morgan fingerprint density at radius 1 is 1.39 bits per heavy atom. The van der Waals surface area contributed by atoms with Gasteiger partial charge in [0, 0.05) is 18.9 Å². The Kier molecular flexibility index (Phi) is 4.04. The summed E-state index contributed by atoms with van der Waals surface area (Å²) in [6, 6.07) is 3.54. The van der Waals surface area contributed by atoms with E-state index in [1.54, 1.807) is 12.4 Å². The number of carbonyl (C=O) groups is 2. The van der Waals surface area contributed by atoms with Crippen molar-refractivity contribution in [2.45, 2.75) is 25.8 Å². The van der Waals surface area contributed by atoms with Crippen molar-refractivity contribution in [1.29, 1.82) is 0 Å². The molecule has 0 saturated carbocycles. The number of carbonyl (C=O) groups excluding carboxylic acids is 2. The van der Waals surface area contributed by atoms with Crippen LogP contribution in [0.25, 0.3) is 0 Å². The third-order valence-electron chi connectivity index (χ3n) is 3.11. The number of rotatable bonds is 5. The summed E-state index contributed by atoms with van der Waals surface area (Å²) in [4.78, 5) is 28.6. The van der Waals surface area contributed by atoms with E-state index in [9.17, 15) is 9.59 Å². The minimum absolute atomic E-state index is 0.0797. The number of aromatic nitrogens is 1. The van der Waals surface area contributed by atoms with Crippen LogP contribution in [0.2, 0.25) is 0 Å². The first-order chi connectivity index (χ1) is 8.72. The highest BCUT2D eigenvalue weighted by molar-refractivity contribution is 6.05. The van der Waals surface area contributed by atoms with Crippen molar-refractivity contribution in [1.82, 2.24) is 15.2 Å². The number of hydrogen-bond acceptors (Lipinski definition) is 4. The Bertz CT molecular complexity index is 433. The number of likely N-dealkylation sites (N-methyl/N-ethyl adjacent to an activating group) is 1. The minimum Gasteiger partial charge on any atom is -0.305 e. The number of hydrogen-bond donors (Lipinski definition) is 1. The van der Waals surface area contributed by atoms with Crippen molar-refractivity contribution in [2.24, 2.45) is 0 Å². The van der Waals surface area contributed by atoms with Crippen LogP contribution in [0.3, 0.4) is 0 Å². The van der Waals surface area contributed by atoms with Gasteiger partial charge in [0.05, 0.1) is 12.5 Å². The summed E-state index contributed by atoms with van der Waals surface area (Å²) in [6.07, 6.45) is 4.60. The zero-order valence-corrected chi connectivity index (χ0v) is 10.4. The maximum absolute atomic E-state index is 11.8. The first-order valence-electron chi connectivity index (χ1n) is 6.19. The van der Waals surface area contributed by atoms with Gasteiger partial charge in [-0.25, -0.2) is 0 Å². The lowest BCUT2D eigenvalue weighted by molar-refractivity contribution is -0.138. The molecule has 0 aliphatic carbocycles. The van der Waals surface area contributed by atoms with Gasteiger partial charge in [-0.1, -0.05) is 0 Å². The summed E-state index contributed by atoms with van der Waals surface area (Å²) in [6.45, 7) is 2.96. The van der Waals surface area contributed by atoms with Crippen LogP contribution in [0.15, 0.2) is 24.5 Å². The first kappa shape index (κ1) is 12.7. The fourth-order valence-corrected chi connectivity index (χ4v) is 2.12. The Hall–Kier alpha value is -1.75. The number of imide groups is 1. The molecule has 1 unspecified atom stereocenters. The molecule has 5 nitrogen and oxygen atoms in total. The largest absolute Gasteiger partial charge is 0.305 e. The van der Waals surface area contributed by atoms with E-state index in [-0.39, 0.29) is 24.3 Å². The van der Waals surface area contributed by atoms with E-state index in [1.165, 1.54) is 10.5 Å². The van der Waals surface area contributed by atoms with Crippen molar-refractivity contribution >= 4 is 11.8 Å². The Morgan fingerprint density at radius 2 is 2.11 bits per heavy atom. The molecule has 1 fully saturated rings. The molecular weight excluding hydrogens is 230 g/mol. The number of pyridine rings is 1. The van der Waals surface area contributed by atoms with Crippen LogP contribution in [-0.2, 0) is 16.0 Å². The summed E-state index contributed by atoms with van der Waals surface area (Å²) >= 11 is 0. The fourth-order valence-electron chi connectivity index (χ4n) is 2.12. The van der Waals surface area contributed by atoms with Crippen LogP contribution in [0.1, 0.15) is 18.9 Å². The van der Waals surface area contributed by atoms with E-state index < -0.39 is 0 Å². The van der Waals surface area contributed by atoms with Crippen LogP contribution in [-0.4, -0.2) is 40.8 Å². The van der Waals surface area contributed by atoms with Gasteiger partial charge in [-0.15, -0.1) is 0 Å². The number of likely N-dealkylation sites (tertiary alicyclic amines) is 1. The predicted octanol–water partition coefficient (Wildman–Crippen LogP) is 0.361. The van der Waals surface area contributed by atoms with Gasteiger partial charge < -0.3 is 5.32 Å². The van der Waals surface area contributed by atoms with Crippen molar-refractivity contribution in [3.8, 4) is 0 Å². The highest BCUT2D eigenvalue weighted by Gasteiger charge is 2.36. The summed E-state index contributed by atoms with van der Waals surface area (Å²) in [5.74, 6) is -0.180. The third kappa shape index (κ3) is 2.73. The average Bonchev–Trinajstić information content (AvgIpc) is 2.65. The summed E-state index contributed by atoms with van der Waals surface area (Å²) in [5.41, 5.74) is 1.17. The maximum atomic E-state index is 11.8.